The van der Waals surface area contributed by atoms with Crippen LogP contribution in [0.3, 0.4) is 0 Å². The van der Waals surface area contributed by atoms with Crippen LogP contribution in [0, 0.1) is 5.41 Å². The van der Waals surface area contributed by atoms with Crippen molar-refractivity contribution >= 4 is 5.71 Å². The number of unbranched alkanes of at least 4 members (excludes halogenated alkanes) is 5. The van der Waals surface area contributed by atoms with E-state index in [4.69, 9.17) is 10.5 Å². The molecule has 22 heavy (non-hydrogen) atoms. The van der Waals surface area contributed by atoms with Gasteiger partial charge in [0, 0.05) is 12.8 Å². The molecule has 0 aromatic heterocycles. The lowest BCUT2D eigenvalue weighted by atomic mass is 9.95. The van der Waals surface area contributed by atoms with Crippen LogP contribution in [0.2, 0.25) is 0 Å². The van der Waals surface area contributed by atoms with Gasteiger partial charge >= 0.3 is 0 Å². The third-order valence-electron chi connectivity index (χ3n) is 4.56. The van der Waals surface area contributed by atoms with Crippen molar-refractivity contribution < 1.29 is 5.11 Å². The SMILES string of the molecule is CCCCCCCCc1ccc([C@H]2CCC(=N)C2)cc1.CO. The zero-order valence-corrected chi connectivity index (χ0v) is 14.4. The van der Waals surface area contributed by atoms with E-state index in [1.165, 1.54) is 62.5 Å². The summed E-state index contributed by atoms with van der Waals surface area (Å²) in [5, 5.41) is 14.7. The van der Waals surface area contributed by atoms with Gasteiger partial charge in [0.2, 0.25) is 0 Å². The summed E-state index contributed by atoms with van der Waals surface area (Å²) in [6, 6.07) is 9.22. The van der Waals surface area contributed by atoms with E-state index in [1.54, 1.807) is 0 Å². The van der Waals surface area contributed by atoms with E-state index in [0.717, 1.165) is 25.7 Å². The molecular weight excluding hydrogens is 270 g/mol. The second-order valence-corrected chi connectivity index (χ2v) is 6.30. The van der Waals surface area contributed by atoms with Gasteiger partial charge in [-0.1, -0.05) is 63.3 Å². The first kappa shape index (κ1) is 18.9. The molecule has 2 rings (SSSR count). The molecule has 2 nitrogen and oxygen atoms in total. The third kappa shape index (κ3) is 6.74. The van der Waals surface area contributed by atoms with Crippen LogP contribution in [0.25, 0.3) is 0 Å². The van der Waals surface area contributed by atoms with Gasteiger partial charge in [0.25, 0.3) is 0 Å². The number of nitrogens with one attached hydrogen (secondary N) is 1. The quantitative estimate of drug-likeness (QED) is 0.613. The molecule has 0 radical (unpaired) electrons. The molecule has 0 amide bonds. The highest BCUT2D eigenvalue weighted by Crippen LogP contribution is 2.32. The highest BCUT2D eigenvalue weighted by Gasteiger charge is 2.20. The van der Waals surface area contributed by atoms with Crippen LogP contribution in [0.1, 0.15) is 81.8 Å². The molecule has 1 fully saturated rings. The van der Waals surface area contributed by atoms with E-state index < -0.39 is 0 Å². The Labute approximate surface area is 136 Å². The van der Waals surface area contributed by atoms with Crippen molar-refractivity contribution in [2.45, 2.75) is 77.0 Å². The number of aryl methyl sites for hydroxylation is 1. The fraction of sp³-hybridized carbons (Fsp3) is 0.650. The fourth-order valence-corrected chi connectivity index (χ4v) is 3.20. The summed E-state index contributed by atoms with van der Waals surface area (Å²) in [5.41, 5.74) is 3.86. The Morgan fingerprint density at radius 1 is 1.00 bits per heavy atom. The summed E-state index contributed by atoms with van der Waals surface area (Å²) in [6.07, 6.45) is 12.6. The molecule has 2 heteroatoms. The maximum atomic E-state index is 7.73. The molecule has 1 aliphatic rings. The number of rotatable bonds is 8. The molecule has 1 aliphatic carbocycles. The van der Waals surface area contributed by atoms with Crippen molar-refractivity contribution in [3.8, 4) is 0 Å². The monoisotopic (exact) mass is 303 g/mol. The minimum Gasteiger partial charge on any atom is -0.400 e. The molecule has 0 bridgehead atoms. The zero-order valence-electron chi connectivity index (χ0n) is 14.4. The third-order valence-corrected chi connectivity index (χ3v) is 4.56. The summed E-state index contributed by atoms with van der Waals surface area (Å²) >= 11 is 0. The first-order chi connectivity index (χ1) is 10.8. The van der Waals surface area contributed by atoms with Gasteiger partial charge in [-0.25, -0.2) is 0 Å². The normalized spacial score (nSPS) is 17.2. The minimum atomic E-state index is 0.616. The standard InChI is InChI=1S/C19H29N.CH4O/c1-2-3-4-5-6-7-8-16-9-11-17(12-10-16)18-13-14-19(20)15-18;1-2/h9-12,18,20H,2-8,13-15H2,1H3;2H,1H3/t18-;/m0./s1. The van der Waals surface area contributed by atoms with E-state index in [1.807, 2.05) is 0 Å². The topological polar surface area (TPSA) is 44.1 Å². The molecule has 1 atom stereocenters. The lowest BCUT2D eigenvalue weighted by molar-refractivity contribution is 0.399. The molecule has 0 heterocycles. The van der Waals surface area contributed by atoms with E-state index in [2.05, 4.69) is 31.2 Å². The highest BCUT2D eigenvalue weighted by molar-refractivity contribution is 5.84. The highest BCUT2D eigenvalue weighted by atomic mass is 16.2. The predicted molar refractivity (Wildman–Crippen MR) is 96.0 cm³/mol. The van der Waals surface area contributed by atoms with Gasteiger partial charge in [-0.3, -0.25) is 0 Å². The summed E-state index contributed by atoms with van der Waals surface area (Å²) in [7, 11) is 1.00. The maximum absolute atomic E-state index is 7.73. The second-order valence-electron chi connectivity index (χ2n) is 6.30. The van der Waals surface area contributed by atoms with Gasteiger partial charge in [0.05, 0.1) is 0 Å². The molecular formula is C20H33NO. The minimum absolute atomic E-state index is 0.616. The summed E-state index contributed by atoms with van der Waals surface area (Å²) in [4.78, 5) is 0. The fourth-order valence-electron chi connectivity index (χ4n) is 3.20. The van der Waals surface area contributed by atoms with Crippen molar-refractivity contribution in [3.63, 3.8) is 0 Å². The van der Waals surface area contributed by atoms with Crippen LogP contribution in [0.15, 0.2) is 24.3 Å². The van der Waals surface area contributed by atoms with Crippen LogP contribution >= 0.6 is 0 Å². The molecule has 1 aromatic carbocycles. The van der Waals surface area contributed by atoms with Crippen molar-refractivity contribution in [1.82, 2.24) is 0 Å². The summed E-state index contributed by atoms with van der Waals surface area (Å²) < 4.78 is 0. The van der Waals surface area contributed by atoms with Crippen molar-refractivity contribution in [3.05, 3.63) is 35.4 Å². The molecule has 0 aliphatic heterocycles. The Hall–Kier alpha value is -1.15. The van der Waals surface area contributed by atoms with Gasteiger partial charge in [-0.05, 0) is 49.1 Å². The number of hydrogen-bond acceptors (Lipinski definition) is 2. The smallest absolute Gasteiger partial charge is 0.0319 e. The number of hydrogen-bond donors (Lipinski definition) is 2. The van der Waals surface area contributed by atoms with Gasteiger partial charge < -0.3 is 10.5 Å². The Morgan fingerprint density at radius 2 is 1.64 bits per heavy atom. The Morgan fingerprint density at radius 3 is 2.23 bits per heavy atom. The van der Waals surface area contributed by atoms with Crippen molar-refractivity contribution in [1.29, 1.82) is 5.41 Å². The summed E-state index contributed by atoms with van der Waals surface area (Å²) in [5.74, 6) is 0.616. The Bertz CT molecular complexity index is 410. The van der Waals surface area contributed by atoms with Gasteiger partial charge in [-0.15, -0.1) is 0 Å². The molecule has 1 saturated carbocycles. The van der Waals surface area contributed by atoms with E-state index in [0.29, 0.717) is 5.92 Å². The van der Waals surface area contributed by atoms with Gasteiger partial charge in [-0.2, -0.15) is 0 Å². The van der Waals surface area contributed by atoms with Crippen molar-refractivity contribution in [2.75, 3.05) is 7.11 Å². The Kier molecular flexibility index (Phi) is 9.81. The van der Waals surface area contributed by atoms with Crippen LogP contribution in [-0.4, -0.2) is 17.9 Å². The van der Waals surface area contributed by atoms with Gasteiger partial charge in [0.1, 0.15) is 0 Å². The average Bonchev–Trinajstić information content (AvgIpc) is 3.00. The summed E-state index contributed by atoms with van der Waals surface area (Å²) in [6.45, 7) is 2.27. The molecule has 0 spiro atoms. The predicted octanol–water partition coefficient (Wildman–Crippen LogP) is 5.49. The van der Waals surface area contributed by atoms with Crippen LogP contribution in [-0.2, 0) is 6.42 Å². The number of aliphatic hydroxyl groups excluding tert-OH is 1. The van der Waals surface area contributed by atoms with Gasteiger partial charge in [0.15, 0.2) is 0 Å². The first-order valence-electron chi connectivity index (χ1n) is 8.89. The molecule has 0 saturated heterocycles. The molecule has 0 unspecified atom stereocenters. The maximum Gasteiger partial charge on any atom is 0.0319 e. The number of aliphatic hydroxyl groups is 1. The van der Waals surface area contributed by atoms with Crippen LogP contribution in [0.5, 0.6) is 0 Å². The Balaban J connectivity index is 0.00000116. The molecule has 2 N–H and O–H groups in total. The molecule has 1 aromatic rings. The van der Waals surface area contributed by atoms with Crippen LogP contribution < -0.4 is 0 Å². The van der Waals surface area contributed by atoms with Crippen LogP contribution in [0.4, 0.5) is 0 Å². The zero-order chi connectivity index (χ0) is 16.2. The van der Waals surface area contributed by atoms with E-state index in [9.17, 15) is 0 Å². The lowest BCUT2D eigenvalue weighted by Gasteiger charge is -2.10. The number of benzene rings is 1. The lowest BCUT2D eigenvalue weighted by Crippen LogP contribution is -1.94. The van der Waals surface area contributed by atoms with E-state index >= 15 is 0 Å². The largest absolute Gasteiger partial charge is 0.400 e. The first-order valence-corrected chi connectivity index (χ1v) is 8.89. The van der Waals surface area contributed by atoms with E-state index in [-0.39, 0.29) is 0 Å². The molecule has 124 valence electrons. The second kappa shape index (κ2) is 11.4. The average molecular weight is 303 g/mol. The van der Waals surface area contributed by atoms with Crippen molar-refractivity contribution in [2.24, 2.45) is 0 Å².